The molecule has 4 rings (SSSR count). The minimum Gasteiger partial charge on any atom is -0.396 e. The summed E-state index contributed by atoms with van der Waals surface area (Å²) in [5.41, 5.74) is -0.820. The second-order valence-corrected chi connectivity index (χ2v) is 11.1. The van der Waals surface area contributed by atoms with E-state index in [1.54, 1.807) is 0 Å². The minimum absolute atomic E-state index is 0.0108. The van der Waals surface area contributed by atoms with E-state index in [0.29, 0.717) is 18.3 Å². The second kappa shape index (κ2) is 6.65. The fraction of sp³-hybridized carbons (Fsp3) is 1.00. The zero-order chi connectivity index (χ0) is 20.4. The fourth-order valence-corrected chi connectivity index (χ4v) is 7.57. The van der Waals surface area contributed by atoms with Gasteiger partial charge in [0.25, 0.3) is 0 Å². The highest BCUT2D eigenvalue weighted by Crippen LogP contribution is 2.69. The lowest BCUT2D eigenvalue weighted by Crippen LogP contribution is -2.69. The molecule has 0 amide bonds. The predicted molar refractivity (Wildman–Crippen MR) is 107 cm³/mol. The number of fused-ring (bicyclic) bond motifs is 4. The van der Waals surface area contributed by atoms with Crippen molar-refractivity contribution < 1.29 is 24.4 Å². The maximum Gasteiger partial charge on any atom is 0.163 e. The van der Waals surface area contributed by atoms with Gasteiger partial charge in [0.1, 0.15) is 0 Å². The van der Waals surface area contributed by atoms with E-state index in [0.717, 1.165) is 38.7 Å². The van der Waals surface area contributed by atoms with Crippen LogP contribution in [0.2, 0.25) is 0 Å². The molecule has 0 bridgehead atoms. The molecule has 0 radical (unpaired) electrons. The van der Waals surface area contributed by atoms with Crippen molar-refractivity contribution >= 4 is 0 Å². The molecule has 162 valence electrons. The Labute approximate surface area is 170 Å². The van der Waals surface area contributed by atoms with Crippen molar-refractivity contribution in [3.63, 3.8) is 0 Å². The largest absolute Gasteiger partial charge is 0.396 e. The molecule has 0 aromatic carbocycles. The Morgan fingerprint density at radius 2 is 1.71 bits per heavy atom. The SMILES string of the molecule is C[C@@H]1CCC2[C@]3(C)COC(C)(C)O[C@H]3CC[C@]2(C)[C@]12CCC(CO)(CCO)O2. The van der Waals surface area contributed by atoms with Gasteiger partial charge in [-0.05, 0) is 64.2 Å². The second-order valence-electron chi connectivity index (χ2n) is 11.1. The van der Waals surface area contributed by atoms with Crippen LogP contribution >= 0.6 is 0 Å². The molecule has 2 N–H and O–H groups in total. The van der Waals surface area contributed by atoms with E-state index in [9.17, 15) is 10.2 Å². The molecule has 2 heterocycles. The topological polar surface area (TPSA) is 68.2 Å². The lowest BCUT2D eigenvalue weighted by Gasteiger charge is -2.67. The monoisotopic (exact) mass is 396 g/mol. The van der Waals surface area contributed by atoms with Crippen LogP contribution in [-0.2, 0) is 14.2 Å². The Balaban J connectivity index is 1.70. The van der Waals surface area contributed by atoms with Gasteiger partial charge >= 0.3 is 0 Å². The normalized spacial score (nSPS) is 53.0. The van der Waals surface area contributed by atoms with Gasteiger partial charge in [-0.3, -0.25) is 0 Å². The van der Waals surface area contributed by atoms with Gasteiger partial charge in [-0.15, -0.1) is 0 Å². The van der Waals surface area contributed by atoms with Crippen molar-refractivity contribution in [3.8, 4) is 0 Å². The highest BCUT2D eigenvalue weighted by Gasteiger charge is 2.70. The number of aliphatic hydroxyl groups is 2. The van der Waals surface area contributed by atoms with E-state index in [1.165, 1.54) is 6.42 Å². The molecule has 5 heteroatoms. The standard InChI is InChI=1S/C23H40O5/c1-16-6-7-17-20(4)15-26-19(2,3)27-18(20)8-9-21(17,5)23(16)11-10-22(14-25,28-23)12-13-24/h16-18,24-25H,6-15H2,1-5H3/t16-,17?,18+,20+,21+,22?,23+/m1/s1. The molecule has 7 atom stereocenters. The molecule has 2 saturated carbocycles. The number of rotatable bonds is 3. The van der Waals surface area contributed by atoms with Crippen LogP contribution in [0.25, 0.3) is 0 Å². The Bertz CT molecular complexity index is 608. The van der Waals surface area contributed by atoms with E-state index >= 15 is 0 Å². The molecule has 2 aliphatic heterocycles. The molecule has 2 unspecified atom stereocenters. The van der Waals surface area contributed by atoms with E-state index < -0.39 is 11.4 Å². The van der Waals surface area contributed by atoms with E-state index in [-0.39, 0.29) is 35.7 Å². The predicted octanol–water partition coefficient (Wildman–Crippen LogP) is 3.65. The molecule has 4 fully saturated rings. The maximum atomic E-state index is 10.1. The third-order valence-corrected chi connectivity index (χ3v) is 9.24. The van der Waals surface area contributed by atoms with Gasteiger partial charge in [0.15, 0.2) is 5.79 Å². The van der Waals surface area contributed by atoms with Crippen LogP contribution in [0.1, 0.15) is 79.6 Å². The molecule has 0 aromatic rings. The van der Waals surface area contributed by atoms with Crippen LogP contribution in [0.5, 0.6) is 0 Å². The fourth-order valence-electron chi connectivity index (χ4n) is 7.57. The summed E-state index contributed by atoms with van der Waals surface area (Å²) in [6, 6.07) is 0. The minimum atomic E-state index is -0.590. The molecule has 0 aromatic heterocycles. The average Bonchev–Trinajstić information content (AvgIpc) is 3.03. The summed E-state index contributed by atoms with van der Waals surface area (Å²) in [5, 5.41) is 19.7. The van der Waals surface area contributed by atoms with Gasteiger partial charge in [-0.2, -0.15) is 0 Å². The van der Waals surface area contributed by atoms with Crippen molar-refractivity contribution in [2.75, 3.05) is 19.8 Å². The quantitative estimate of drug-likeness (QED) is 0.762. The van der Waals surface area contributed by atoms with Crippen LogP contribution in [0.4, 0.5) is 0 Å². The van der Waals surface area contributed by atoms with Crippen LogP contribution in [0, 0.1) is 22.7 Å². The molecule has 1 spiro atoms. The average molecular weight is 397 g/mol. The van der Waals surface area contributed by atoms with Gasteiger partial charge in [0, 0.05) is 23.9 Å². The summed E-state index contributed by atoms with van der Waals surface area (Å²) in [5.74, 6) is 0.409. The first-order chi connectivity index (χ1) is 13.1. The smallest absolute Gasteiger partial charge is 0.163 e. The highest BCUT2D eigenvalue weighted by atomic mass is 16.7. The first-order valence-corrected chi connectivity index (χ1v) is 11.3. The van der Waals surface area contributed by atoms with Gasteiger partial charge in [-0.25, -0.2) is 0 Å². The summed E-state index contributed by atoms with van der Waals surface area (Å²) in [7, 11) is 0. The van der Waals surface area contributed by atoms with E-state index in [1.807, 2.05) is 13.8 Å². The highest BCUT2D eigenvalue weighted by molar-refractivity contribution is 5.18. The Morgan fingerprint density at radius 3 is 2.39 bits per heavy atom. The molecular formula is C23H40O5. The van der Waals surface area contributed by atoms with Gasteiger partial charge < -0.3 is 24.4 Å². The molecular weight excluding hydrogens is 356 g/mol. The van der Waals surface area contributed by atoms with Gasteiger partial charge in [-0.1, -0.05) is 20.8 Å². The number of hydrogen-bond donors (Lipinski definition) is 2. The molecule has 5 nitrogen and oxygen atoms in total. The third kappa shape index (κ3) is 2.76. The first-order valence-electron chi connectivity index (χ1n) is 11.3. The Hall–Kier alpha value is -0.200. The van der Waals surface area contributed by atoms with Crippen molar-refractivity contribution in [1.82, 2.24) is 0 Å². The van der Waals surface area contributed by atoms with E-state index in [4.69, 9.17) is 14.2 Å². The number of ether oxygens (including phenoxy) is 3. The van der Waals surface area contributed by atoms with E-state index in [2.05, 4.69) is 20.8 Å². The van der Waals surface area contributed by atoms with Gasteiger partial charge in [0.2, 0.25) is 0 Å². The lowest BCUT2D eigenvalue weighted by molar-refractivity contribution is -0.359. The zero-order valence-corrected chi connectivity index (χ0v) is 18.4. The third-order valence-electron chi connectivity index (χ3n) is 9.24. The van der Waals surface area contributed by atoms with Crippen molar-refractivity contribution in [3.05, 3.63) is 0 Å². The Kier molecular flexibility index (Phi) is 5.00. The van der Waals surface area contributed by atoms with Crippen molar-refractivity contribution in [2.24, 2.45) is 22.7 Å². The number of aliphatic hydroxyl groups excluding tert-OH is 2. The zero-order valence-electron chi connectivity index (χ0n) is 18.4. The van der Waals surface area contributed by atoms with Crippen molar-refractivity contribution in [1.29, 1.82) is 0 Å². The van der Waals surface area contributed by atoms with Crippen LogP contribution in [0.3, 0.4) is 0 Å². The molecule has 2 aliphatic carbocycles. The summed E-state index contributed by atoms with van der Waals surface area (Å²) in [4.78, 5) is 0. The molecule has 2 saturated heterocycles. The summed E-state index contributed by atoms with van der Waals surface area (Å²) in [6.45, 7) is 12.0. The van der Waals surface area contributed by atoms with Crippen LogP contribution in [0.15, 0.2) is 0 Å². The molecule has 4 aliphatic rings. The summed E-state index contributed by atoms with van der Waals surface area (Å²) in [6.07, 6.45) is 6.95. The number of hydrogen-bond acceptors (Lipinski definition) is 5. The maximum absolute atomic E-state index is 10.1. The first kappa shape index (κ1) is 21.0. The van der Waals surface area contributed by atoms with Crippen molar-refractivity contribution in [2.45, 2.75) is 103 Å². The molecule has 28 heavy (non-hydrogen) atoms. The van der Waals surface area contributed by atoms with Crippen LogP contribution in [-0.4, -0.2) is 53.1 Å². The lowest BCUT2D eigenvalue weighted by atomic mass is 9.43. The summed E-state index contributed by atoms with van der Waals surface area (Å²) < 4.78 is 19.5. The summed E-state index contributed by atoms with van der Waals surface area (Å²) >= 11 is 0. The Morgan fingerprint density at radius 1 is 0.964 bits per heavy atom. The van der Waals surface area contributed by atoms with Gasteiger partial charge in [0.05, 0.1) is 30.5 Å². The van der Waals surface area contributed by atoms with Crippen LogP contribution < -0.4 is 0 Å².